The number of hydrogen-bond donors (Lipinski definition) is 2. The molecular formula is C21H36N3O3S+. The Labute approximate surface area is 173 Å². The predicted octanol–water partition coefficient (Wildman–Crippen LogP) is 2.33. The van der Waals surface area contributed by atoms with Gasteiger partial charge in [0.05, 0.1) is 30.9 Å². The lowest BCUT2D eigenvalue weighted by molar-refractivity contribution is -0.813. The van der Waals surface area contributed by atoms with Gasteiger partial charge >= 0.3 is 5.97 Å². The van der Waals surface area contributed by atoms with Gasteiger partial charge in [-0.25, -0.2) is 4.99 Å². The zero-order valence-electron chi connectivity index (χ0n) is 17.7. The average molecular weight is 411 g/mol. The van der Waals surface area contributed by atoms with E-state index in [0.29, 0.717) is 5.92 Å². The predicted molar refractivity (Wildman–Crippen MR) is 116 cm³/mol. The number of likely N-dealkylation sites (tertiary alicyclic amines) is 1. The molecule has 0 aromatic heterocycles. The first-order chi connectivity index (χ1) is 13.3. The Kier molecular flexibility index (Phi) is 9.15. The van der Waals surface area contributed by atoms with Crippen LogP contribution in [-0.4, -0.2) is 59.2 Å². The van der Waals surface area contributed by atoms with Crippen LogP contribution in [0.5, 0.6) is 0 Å². The minimum atomic E-state index is -0.823. The van der Waals surface area contributed by atoms with Crippen LogP contribution in [0.1, 0.15) is 59.8 Å². The quantitative estimate of drug-likeness (QED) is 0.700. The van der Waals surface area contributed by atoms with E-state index in [1.807, 2.05) is 0 Å². The minimum absolute atomic E-state index is 0.0229. The standard InChI is InChI=1S/C17H25N3O3S.C4H10/c1-11-3-2-6-20(8-11)16-17(24-10-15(22)23)19-13-5-4-12(9-21)7-14(13)18-16;1-4(2)3/h9,11-14H,2-8,10H2,1H3,(H,22,23);4H,1-3H3/p+1. The van der Waals surface area contributed by atoms with Crippen LogP contribution in [0.4, 0.5) is 0 Å². The van der Waals surface area contributed by atoms with E-state index in [1.165, 1.54) is 23.1 Å². The molecule has 2 N–H and O–H groups in total. The minimum Gasteiger partial charge on any atom is -0.481 e. The molecule has 2 aliphatic heterocycles. The van der Waals surface area contributed by atoms with Gasteiger partial charge in [0, 0.05) is 11.8 Å². The molecule has 5 unspecified atom stereocenters. The number of amidine groups is 1. The number of piperidine rings is 1. The van der Waals surface area contributed by atoms with E-state index in [1.54, 1.807) is 0 Å². The Balaban J connectivity index is 0.000000640. The van der Waals surface area contributed by atoms with Crippen LogP contribution in [0.15, 0.2) is 9.98 Å². The molecule has 2 fully saturated rings. The number of hydrogen-bond acceptors (Lipinski definition) is 5. The van der Waals surface area contributed by atoms with Gasteiger partial charge < -0.3 is 9.90 Å². The number of carbonyl (C=O) groups excluding carboxylic acids is 1. The van der Waals surface area contributed by atoms with Crippen molar-refractivity contribution in [3.8, 4) is 0 Å². The molecule has 1 saturated carbocycles. The molecule has 1 saturated heterocycles. The fourth-order valence-corrected chi connectivity index (χ4v) is 4.79. The number of aliphatic carboxylic acids is 1. The number of nitrogens with one attached hydrogen (secondary N) is 1. The summed E-state index contributed by atoms with van der Waals surface area (Å²) in [5.41, 5.74) is 0. The topological polar surface area (TPSA) is 83.5 Å². The van der Waals surface area contributed by atoms with Gasteiger partial charge in [0.2, 0.25) is 0 Å². The van der Waals surface area contributed by atoms with Crippen LogP contribution in [0.3, 0.4) is 0 Å². The third kappa shape index (κ3) is 6.99. The first-order valence-corrected chi connectivity index (χ1v) is 11.6. The lowest BCUT2D eigenvalue weighted by Gasteiger charge is -2.35. The maximum absolute atomic E-state index is 11.1. The van der Waals surface area contributed by atoms with Gasteiger partial charge in [0.15, 0.2) is 5.04 Å². The zero-order chi connectivity index (χ0) is 20.7. The van der Waals surface area contributed by atoms with Gasteiger partial charge in [0.25, 0.3) is 5.84 Å². The molecule has 28 heavy (non-hydrogen) atoms. The van der Waals surface area contributed by atoms with E-state index in [-0.39, 0.29) is 23.8 Å². The number of nitrogens with zero attached hydrogens (tertiary/aromatic N) is 2. The second-order valence-corrected chi connectivity index (χ2v) is 9.94. The highest BCUT2D eigenvalue weighted by molar-refractivity contribution is 8.16. The molecule has 5 atom stereocenters. The molecular weight excluding hydrogens is 374 g/mol. The average Bonchev–Trinajstić information content (AvgIpc) is 2.64. The van der Waals surface area contributed by atoms with Crippen molar-refractivity contribution < 1.29 is 19.6 Å². The summed E-state index contributed by atoms with van der Waals surface area (Å²) in [5.74, 6) is 1.72. The summed E-state index contributed by atoms with van der Waals surface area (Å²) in [6.45, 7) is 10.8. The normalized spacial score (nSPS) is 32.4. The van der Waals surface area contributed by atoms with E-state index < -0.39 is 5.97 Å². The van der Waals surface area contributed by atoms with Crippen molar-refractivity contribution >= 4 is 34.9 Å². The van der Waals surface area contributed by atoms with Gasteiger partial charge in [-0.1, -0.05) is 39.5 Å². The van der Waals surface area contributed by atoms with Crippen molar-refractivity contribution in [3.05, 3.63) is 0 Å². The van der Waals surface area contributed by atoms with E-state index in [0.717, 1.165) is 61.9 Å². The highest BCUT2D eigenvalue weighted by Crippen LogP contribution is 2.31. The number of fused-ring (bicyclic) bond motifs is 1. The Morgan fingerprint density at radius 3 is 2.57 bits per heavy atom. The summed E-state index contributed by atoms with van der Waals surface area (Å²) in [7, 11) is 0. The SMILES string of the molecule is CC(C)C.CC1CCC[NH+](C2=NC3CC(C=O)CCC3N=C2SCC(=O)O)C1. The van der Waals surface area contributed by atoms with E-state index in [9.17, 15) is 9.59 Å². The molecule has 0 aromatic rings. The van der Waals surface area contributed by atoms with Crippen LogP contribution in [0, 0.1) is 17.8 Å². The molecule has 0 amide bonds. The lowest BCUT2D eigenvalue weighted by atomic mass is 9.83. The highest BCUT2D eigenvalue weighted by Gasteiger charge is 2.38. The van der Waals surface area contributed by atoms with Gasteiger partial charge in [-0.05, 0) is 38.0 Å². The van der Waals surface area contributed by atoms with Crippen LogP contribution >= 0.6 is 11.8 Å². The molecule has 6 nitrogen and oxygen atoms in total. The van der Waals surface area contributed by atoms with E-state index in [2.05, 4.69) is 27.7 Å². The van der Waals surface area contributed by atoms with Crippen LogP contribution in [0.2, 0.25) is 0 Å². The molecule has 158 valence electrons. The number of thioether (sulfide) groups is 1. The second-order valence-electron chi connectivity index (χ2n) is 8.98. The van der Waals surface area contributed by atoms with Crippen LogP contribution in [-0.2, 0) is 9.59 Å². The maximum atomic E-state index is 11.1. The molecule has 0 radical (unpaired) electrons. The number of carbonyl (C=O) groups is 2. The summed E-state index contributed by atoms with van der Waals surface area (Å²) in [5, 5.41) is 9.83. The summed E-state index contributed by atoms with van der Waals surface area (Å²) in [4.78, 5) is 33.3. The van der Waals surface area contributed by atoms with Gasteiger partial charge in [-0.2, -0.15) is 0 Å². The Hall–Kier alpha value is -1.21. The number of carboxylic acid groups (broad SMARTS) is 1. The fraction of sp³-hybridized carbons (Fsp3) is 0.810. The van der Waals surface area contributed by atoms with Crippen LogP contribution < -0.4 is 4.90 Å². The number of quaternary nitrogens is 1. The molecule has 1 aliphatic carbocycles. The van der Waals surface area contributed by atoms with Gasteiger partial charge in [-0.3, -0.25) is 14.7 Å². The zero-order valence-corrected chi connectivity index (χ0v) is 18.5. The molecule has 7 heteroatoms. The third-order valence-electron chi connectivity index (χ3n) is 5.23. The summed E-state index contributed by atoms with van der Waals surface area (Å²) < 4.78 is 0. The smallest absolute Gasteiger partial charge is 0.313 e. The Bertz CT molecular complexity index is 603. The highest BCUT2D eigenvalue weighted by atomic mass is 32.2. The first kappa shape index (κ1) is 23.1. The second kappa shape index (κ2) is 11.1. The van der Waals surface area contributed by atoms with Crippen molar-refractivity contribution in [2.45, 2.75) is 71.9 Å². The van der Waals surface area contributed by atoms with Crippen molar-refractivity contribution in [1.29, 1.82) is 0 Å². The Morgan fingerprint density at radius 2 is 1.96 bits per heavy atom. The summed E-state index contributed by atoms with van der Waals surface area (Å²) in [6, 6.07) is 0.200. The fourth-order valence-electron chi connectivity index (χ4n) is 3.99. The van der Waals surface area contributed by atoms with Crippen molar-refractivity contribution in [3.63, 3.8) is 0 Å². The number of aldehydes is 1. The third-order valence-corrected chi connectivity index (χ3v) is 6.20. The number of carboxylic acids is 1. The number of aliphatic imine (C=N–C) groups is 2. The van der Waals surface area contributed by atoms with E-state index >= 15 is 0 Å². The lowest BCUT2D eigenvalue weighted by Crippen LogP contribution is -3.17. The van der Waals surface area contributed by atoms with Crippen molar-refractivity contribution in [2.24, 2.45) is 27.7 Å². The molecule has 0 aromatic carbocycles. The molecule has 0 spiro atoms. The van der Waals surface area contributed by atoms with Gasteiger partial charge in [0.1, 0.15) is 6.29 Å². The largest absolute Gasteiger partial charge is 0.481 e. The molecule has 2 heterocycles. The van der Waals surface area contributed by atoms with Crippen molar-refractivity contribution in [1.82, 2.24) is 0 Å². The summed E-state index contributed by atoms with van der Waals surface area (Å²) in [6.07, 6.45) is 5.97. The number of rotatable bonds is 3. The Morgan fingerprint density at radius 1 is 1.25 bits per heavy atom. The first-order valence-electron chi connectivity index (χ1n) is 10.6. The molecule has 3 aliphatic rings. The van der Waals surface area contributed by atoms with Crippen molar-refractivity contribution in [2.75, 3.05) is 18.8 Å². The molecule has 0 bridgehead atoms. The van der Waals surface area contributed by atoms with Crippen LogP contribution in [0.25, 0.3) is 0 Å². The maximum Gasteiger partial charge on any atom is 0.313 e. The molecule has 3 rings (SSSR count). The summed E-state index contributed by atoms with van der Waals surface area (Å²) >= 11 is 1.30. The monoisotopic (exact) mass is 410 g/mol. The van der Waals surface area contributed by atoms with Gasteiger partial charge in [-0.15, -0.1) is 0 Å². The van der Waals surface area contributed by atoms with E-state index in [4.69, 9.17) is 15.1 Å².